The summed E-state index contributed by atoms with van der Waals surface area (Å²) in [6.07, 6.45) is 1.03. The van der Waals surface area contributed by atoms with E-state index in [-0.39, 0.29) is 0 Å². The van der Waals surface area contributed by atoms with Gasteiger partial charge >= 0.3 is 0 Å². The van der Waals surface area contributed by atoms with Crippen LogP contribution in [0.5, 0.6) is 5.75 Å². The van der Waals surface area contributed by atoms with Crippen molar-refractivity contribution in [3.8, 4) is 5.75 Å². The summed E-state index contributed by atoms with van der Waals surface area (Å²) in [5.74, 6) is 2.24. The molecule has 4 nitrogen and oxygen atoms in total. The van der Waals surface area contributed by atoms with Gasteiger partial charge in [0.2, 0.25) is 0 Å². The fourth-order valence-electron chi connectivity index (χ4n) is 1.44. The van der Waals surface area contributed by atoms with Gasteiger partial charge in [0.15, 0.2) is 6.61 Å². The molecule has 0 bridgehead atoms. The second kappa shape index (κ2) is 6.44. The van der Waals surface area contributed by atoms with Gasteiger partial charge in [0.25, 0.3) is 11.1 Å². The van der Waals surface area contributed by atoms with E-state index in [9.17, 15) is 0 Å². The Morgan fingerprint density at radius 2 is 1.94 bits per heavy atom. The standard InChI is InChI=1S/C13H16N2O2S/c1-3-10-5-7-11(8-6-10)16-9-12-14-15-13(17-12)18-4-2/h5-8H,3-4,9H2,1-2H3. The molecule has 1 heterocycles. The number of rotatable bonds is 6. The molecule has 0 aliphatic rings. The number of aromatic nitrogens is 2. The van der Waals surface area contributed by atoms with Crippen LogP contribution in [0.3, 0.4) is 0 Å². The Bertz CT molecular complexity index is 482. The largest absolute Gasteiger partial charge is 0.484 e. The van der Waals surface area contributed by atoms with Crippen molar-refractivity contribution < 1.29 is 9.15 Å². The van der Waals surface area contributed by atoms with Crippen molar-refractivity contribution in [1.82, 2.24) is 10.2 Å². The van der Waals surface area contributed by atoms with Gasteiger partial charge in [-0.05, 0) is 29.9 Å². The van der Waals surface area contributed by atoms with E-state index in [2.05, 4.69) is 29.3 Å². The zero-order valence-electron chi connectivity index (χ0n) is 10.5. The average molecular weight is 264 g/mol. The van der Waals surface area contributed by atoms with Crippen LogP contribution in [0.15, 0.2) is 33.9 Å². The minimum atomic E-state index is 0.308. The van der Waals surface area contributed by atoms with E-state index in [0.29, 0.717) is 17.7 Å². The van der Waals surface area contributed by atoms with Gasteiger partial charge in [-0.1, -0.05) is 37.7 Å². The van der Waals surface area contributed by atoms with Crippen LogP contribution >= 0.6 is 11.8 Å². The third-order valence-corrected chi connectivity index (χ3v) is 3.11. The number of aryl methyl sites for hydroxylation is 1. The number of ether oxygens (including phenoxy) is 1. The van der Waals surface area contributed by atoms with Gasteiger partial charge in [0, 0.05) is 0 Å². The summed E-state index contributed by atoms with van der Waals surface area (Å²) in [6.45, 7) is 4.48. The molecule has 0 saturated heterocycles. The molecule has 0 atom stereocenters. The molecule has 0 spiro atoms. The van der Waals surface area contributed by atoms with Crippen molar-refractivity contribution in [3.63, 3.8) is 0 Å². The van der Waals surface area contributed by atoms with Gasteiger partial charge in [0.1, 0.15) is 5.75 Å². The van der Waals surface area contributed by atoms with Crippen molar-refractivity contribution in [2.24, 2.45) is 0 Å². The van der Waals surface area contributed by atoms with Gasteiger partial charge in [-0.3, -0.25) is 0 Å². The molecule has 0 fully saturated rings. The number of thioether (sulfide) groups is 1. The van der Waals surface area contributed by atoms with E-state index in [0.717, 1.165) is 17.9 Å². The molecule has 5 heteroatoms. The van der Waals surface area contributed by atoms with E-state index in [1.807, 2.05) is 19.1 Å². The van der Waals surface area contributed by atoms with E-state index >= 15 is 0 Å². The first-order chi connectivity index (χ1) is 8.81. The lowest BCUT2D eigenvalue weighted by Crippen LogP contribution is -1.95. The van der Waals surface area contributed by atoms with E-state index in [1.165, 1.54) is 17.3 Å². The van der Waals surface area contributed by atoms with Crippen LogP contribution in [0.4, 0.5) is 0 Å². The van der Waals surface area contributed by atoms with E-state index in [1.54, 1.807) is 0 Å². The molecule has 0 unspecified atom stereocenters. The zero-order valence-corrected chi connectivity index (χ0v) is 11.4. The number of hydrogen-bond donors (Lipinski definition) is 0. The van der Waals surface area contributed by atoms with Crippen LogP contribution in [0.25, 0.3) is 0 Å². The summed E-state index contributed by atoms with van der Waals surface area (Å²) in [4.78, 5) is 0. The SMILES string of the molecule is CCSc1nnc(COc2ccc(CC)cc2)o1. The smallest absolute Gasteiger partial charge is 0.276 e. The lowest BCUT2D eigenvalue weighted by Gasteiger charge is -2.03. The van der Waals surface area contributed by atoms with Crippen LogP contribution in [-0.4, -0.2) is 16.0 Å². The molecule has 0 amide bonds. The minimum Gasteiger partial charge on any atom is -0.484 e. The molecule has 2 rings (SSSR count). The van der Waals surface area contributed by atoms with Gasteiger partial charge < -0.3 is 9.15 Å². The molecule has 0 aliphatic heterocycles. The summed E-state index contributed by atoms with van der Waals surface area (Å²) in [7, 11) is 0. The number of nitrogens with zero attached hydrogens (tertiary/aromatic N) is 2. The number of hydrogen-bond acceptors (Lipinski definition) is 5. The third-order valence-electron chi connectivity index (χ3n) is 2.41. The first-order valence-corrected chi connectivity index (χ1v) is 6.97. The molecule has 96 valence electrons. The molecule has 1 aromatic heterocycles. The summed E-state index contributed by atoms with van der Waals surface area (Å²) in [5.41, 5.74) is 1.29. The highest BCUT2D eigenvalue weighted by Crippen LogP contribution is 2.17. The Labute approximate surface area is 111 Å². The first-order valence-electron chi connectivity index (χ1n) is 5.98. The quantitative estimate of drug-likeness (QED) is 0.749. The highest BCUT2D eigenvalue weighted by atomic mass is 32.2. The fraction of sp³-hybridized carbons (Fsp3) is 0.385. The van der Waals surface area contributed by atoms with E-state index in [4.69, 9.17) is 9.15 Å². The summed E-state index contributed by atoms with van der Waals surface area (Å²) in [6, 6.07) is 8.02. The molecule has 0 N–H and O–H groups in total. The lowest BCUT2D eigenvalue weighted by atomic mass is 10.2. The first kappa shape index (κ1) is 13.0. The molecule has 18 heavy (non-hydrogen) atoms. The van der Waals surface area contributed by atoms with Gasteiger partial charge in [-0.2, -0.15) is 0 Å². The second-order valence-electron chi connectivity index (χ2n) is 3.68. The number of benzene rings is 1. The highest BCUT2D eigenvalue weighted by Gasteiger charge is 2.06. The Kier molecular flexibility index (Phi) is 4.64. The van der Waals surface area contributed by atoms with Crippen molar-refractivity contribution in [3.05, 3.63) is 35.7 Å². The third kappa shape index (κ3) is 3.50. The minimum absolute atomic E-state index is 0.308. The van der Waals surface area contributed by atoms with Crippen LogP contribution in [0.2, 0.25) is 0 Å². The molecule has 0 radical (unpaired) electrons. The maximum Gasteiger partial charge on any atom is 0.276 e. The van der Waals surface area contributed by atoms with E-state index < -0.39 is 0 Å². The van der Waals surface area contributed by atoms with Crippen LogP contribution < -0.4 is 4.74 Å². The zero-order chi connectivity index (χ0) is 12.8. The summed E-state index contributed by atoms with van der Waals surface area (Å²) >= 11 is 1.53. The van der Waals surface area contributed by atoms with Crippen molar-refractivity contribution in [2.75, 3.05) is 5.75 Å². The second-order valence-corrected chi connectivity index (χ2v) is 4.90. The highest BCUT2D eigenvalue weighted by molar-refractivity contribution is 7.99. The van der Waals surface area contributed by atoms with Crippen LogP contribution in [0.1, 0.15) is 25.3 Å². The molecule has 1 aromatic carbocycles. The van der Waals surface area contributed by atoms with Gasteiger partial charge in [-0.25, -0.2) is 0 Å². The Morgan fingerprint density at radius 1 is 1.17 bits per heavy atom. The summed E-state index contributed by atoms with van der Waals surface area (Å²) in [5, 5.41) is 8.43. The Hall–Kier alpha value is -1.49. The predicted molar refractivity (Wildman–Crippen MR) is 70.8 cm³/mol. The average Bonchev–Trinajstić information content (AvgIpc) is 2.85. The van der Waals surface area contributed by atoms with Gasteiger partial charge in [0.05, 0.1) is 0 Å². The fourth-order valence-corrected chi connectivity index (χ4v) is 1.95. The van der Waals surface area contributed by atoms with Gasteiger partial charge in [-0.15, -0.1) is 10.2 Å². The molecule has 2 aromatic rings. The predicted octanol–water partition coefficient (Wildman–Crippen LogP) is 3.32. The Balaban J connectivity index is 1.89. The van der Waals surface area contributed by atoms with Crippen LogP contribution in [-0.2, 0) is 13.0 Å². The molecular weight excluding hydrogens is 248 g/mol. The molecule has 0 aliphatic carbocycles. The summed E-state index contributed by atoms with van der Waals surface area (Å²) < 4.78 is 11.0. The molecular formula is C13H16N2O2S. The lowest BCUT2D eigenvalue weighted by molar-refractivity contribution is 0.252. The maximum absolute atomic E-state index is 5.58. The van der Waals surface area contributed by atoms with Crippen molar-refractivity contribution in [1.29, 1.82) is 0 Å². The molecule has 0 saturated carbocycles. The monoisotopic (exact) mass is 264 g/mol. The normalized spacial score (nSPS) is 10.6. The topological polar surface area (TPSA) is 48.2 Å². The van der Waals surface area contributed by atoms with Crippen LogP contribution in [0, 0.1) is 0 Å². The Morgan fingerprint density at radius 3 is 2.61 bits per heavy atom. The van der Waals surface area contributed by atoms with Crippen molar-refractivity contribution in [2.45, 2.75) is 32.1 Å². The maximum atomic E-state index is 5.58. The van der Waals surface area contributed by atoms with Crippen molar-refractivity contribution >= 4 is 11.8 Å².